The highest BCUT2D eigenvalue weighted by Gasteiger charge is 2.30. The molecule has 20 heavy (non-hydrogen) atoms. The van der Waals surface area contributed by atoms with Crippen molar-refractivity contribution in [3.8, 4) is 0 Å². The fourth-order valence-electron chi connectivity index (χ4n) is 1.82. The summed E-state index contributed by atoms with van der Waals surface area (Å²) < 4.78 is 37.8. The zero-order chi connectivity index (χ0) is 14.8. The van der Waals surface area contributed by atoms with Gasteiger partial charge in [0.05, 0.1) is 5.56 Å². The normalized spacial score (nSPS) is 15.2. The average molecular weight is 286 g/mol. The number of hydrogen-bond acceptors (Lipinski definition) is 2. The van der Waals surface area contributed by atoms with Crippen LogP contribution in [0.5, 0.6) is 0 Å². The zero-order valence-electron chi connectivity index (χ0n) is 11.2. The summed E-state index contributed by atoms with van der Waals surface area (Å²) in [6, 6.07) is 3.86. The van der Waals surface area contributed by atoms with Gasteiger partial charge in [-0.3, -0.25) is 4.79 Å². The second kappa shape index (κ2) is 5.83. The summed E-state index contributed by atoms with van der Waals surface area (Å²) in [5.74, 6) is -0.277. The van der Waals surface area contributed by atoms with Crippen LogP contribution in [0.2, 0.25) is 0 Å². The second-order valence-corrected chi connectivity index (χ2v) is 5.05. The Labute approximate surface area is 115 Å². The van der Waals surface area contributed by atoms with E-state index in [9.17, 15) is 18.0 Å². The number of alkyl halides is 3. The number of anilines is 1. The fourth-order valence-corrected chi connectivity index (χ4v) is 1.82. The number of carbonyl (C=O) groups is 1. The van der Waals surface area contributed by atoms with Crippen LogP contribution in [-0.2, 0) is 11.0 Å². The van der Waals surface area contributed by atoms with Gasteiger partial charge in [0.25, 0.3) is 0 Å². The van der Waals surface area contributed by atoms with E-state index in [0.29, 0.717) is 18.2 Å². The zero-order valence-corrected chi connectivity index (χ0v) is 11.2. The molecule has 0 atom stereocenters. The van der Waals surface area contributed by atoms with Gasteiger partial charge in [0.1, 0.15) is 0 Å². The van der Waals surface area contributed by atoms with Crippen LogP contribution in [0, 0.1) is 6.92 Å². The molecule has 1 amide bonds. The Morgan fingerprint density at radius 3 is 2.65 bits per heavy atom. The van der Waals surface area contributed by atoms with Gasteiger partial charge in [-0.05, 0) is 37.5 Å². The maximum Gasteiger partial charge on any atom is 0.416 e. The number of amides is 1. The summed E-state index contributed by atoms with van der Waals surface area (Å²) in [6.07, 6.45) is -1.88. The Kier molecular flexibility index (Phi) is 4.32. The van der Waals surface area contributed by atoms with Crippen molar-refractivity contribution in [2.75, 3.05) is 11.9 Å². The smallest absolute Gasteiger partial charge is 0.326 e. The molecule has 1 aromatic carbocycles. The number of aryl methyl sites for hydroxylation is 1. The number of nitrogens with one attached hydrogen (secondary N) is 2. The molecule has 110 valence electrons. The molecular weight excluding hydrogens is 269 g/mol. The SMILES string of the molecule is Cc1ccc(C(F)(F)F)cc1NC(=O)CCNC1CC1. The summed E-state index contributed by atoms with van der Waals surface area (Å²) in [5, 5.41) is 5.72. The first-order chi connectivity index (χ1) is 9.36. The summed E-state index contributed by atoms with van der Waals surface area (Å²) in [7, 11) is 0. The number of hydrogen-bond donors (Lipinski definition) is 2. The lowest BCUT2D eigenvalue weighted by Crippen LogP contribution is -2.23. The fraction of sp³-hybridized carbons (Fsp3) is 0.500. The molecule has 0 bridgehead atoms. The average Bonchev–Trinajstić information content (AvgIpc) is 3.14. The molecule has 3 nitrogen and oxygen atoms in total. The van der Waals surface area contributed by atoms with Crippen molar-refractivity contribution in [2.24, 2.45) is 0 Å². The predicted molar refractivity (Wildman–Crippen MR) is 70.5 cm³/mol. The lowest BCUT2D eigenvalue weighted by Gasteiger charge is -2.12. The molecule has 1 saturated carbocycles. The second-order valence-electron chi connectivity index (χ2n) is 5.05. The molecule has 1 aliphatic carbocycles. The maximum absolute atomic E-state index is 12.6. The van der Waals surface area contributed by atoms with Gasteiger partial charge < -0.3 is 10.6 Å². The summed E-state index contributed by atoms with van der Waals surface area (Å²) in [4.78, 5) is 11.7. The van der Waals surface area contributed by atoms with E-state index >= 15 is 0 Å². The third-order valence-corrected chi connectivity index (χ3v) is 3.20. The molecule has 0 spiro atoms. The molecular formula is C14H17F3N2O. The van der Waals surface area contributed by atoms with E-state index in [1.54, 1.807) is 6.92 Å². The minimum absolute atomic E-state index is 0.219. The van der Waals surface area contributed by atoms with Crippen LogP contribution in [-0.4, -0.2) is 18.5 Å². The standard InChI is InChI=1S/C14H17F3N2O/c1-9-2-3-10(14(15,16)17)8-12(9)19-13(20)6-7-18-11-4-5-11/h2-3,8,11,18H,4-7H2,1H3,(H,19,20). The summed E-state index contributed by atoms with van der Waals surface area (Å²) in [6.45, 7) is 2.22. The molecule has 1 fully saturated rings. The van der Waals surface area contributed by atoms with Gasteiger partial charge in [-0.1, -0.05) is 6.07 Å². The van der Waals surface area contributed by atoms with Crippen LogP contribution in [0.15, 0.2) is 18.2 Å². The highest BCUT2D eigenvalue weighted by molar-refractivity contribution is 5.91. The first kappa shape index (κ1) is 14.8. The van der Waals surface area contributed by atoms with Gasteiger partial charge in [0.15, 0.2) is 0 Å². The van der Waals surface area contributed by atoms with Crippen LogP contribution in [0.3, 0.4) is 0 Å². The lowest BCUT2D eigenvalue weighted by atomic mass is 10.1. The number of rotatable bonds is 5. The first-order valence-corrected chi connectivity index (χ1v) is 6.57. The Morgan fingerprint density at radius 2 is 2.05 bits per heavy atom. The van der Waals surface area contributed by atoms with Crippen molar-refractivity contribution in [3.63, 3.8) is 0 Å². The number of carbonyl (C=O) groups excluding carboxylic acids is 1. The van der Waals surface area contributed by atoms with Gasteiger partial charge in [-0.2, -0.15) is 13.2 Å². The minimum Gasteiger partial charge on any atom is -0.326 e. The molecule has 0 heterocycles. The molecule has 0 saturated heterocycles. The van der Waals surface area contributed by atoms with Crippen LogP contribution < -0.4 is 10.6 Å². The lowest BCUT2D eigenvalue weighted by molar-refractivity contribution is -0.137. The van der Waals surface area contributed by atoms with Crippen molar-refractivity contribution in [1.82, 2.24) is 5.32 Å². The molecule has 0 aliphatic heterocycles. The van der Waals surface area contributed by atoms with E-state index in [-0.39, 0.29) is 18.0 Å². The van der Waals surface area contributed by atoms with Crippen LogP contribution in [0.25, 0.3) is 0 Å². The van der Waals surface area contributed by atoms with E-state index in [0.717, 1.165) is 25.0 Å². The van der Waals surface area contributed by atoms with E-state index in [1.807, 2.05) is 0 Å². The maximum atomic E-state index is 12.6. The molecule has 1 aliphatic rings. The van der Waals surface area contributed by atoms with Crippen LogP contribution in [0.4, 0.5) is 18.9 Å². The van der Waals surface area contributed by atoms with Crippen LogP contribution >= 0.6 is 0 Å². The molecule has 0 unspecified atom stereocenters. The van der Waals surface area contributed by atoms with E-state index in [2.05, 4.69) is 10.6 Å². The van der Waals surface area contributed by atoms with Crippen molar-refractivity contribution in [1.29, 1.82) is 0 Å². The largest absolute Gasteiger partial charge is 0.416 e. The minimum atomic E-state index is -4.40. The quantitative estimate of drug-likeness (QED) is 0.873. The Hall–Kier alpha value is -1.56. The van der Waals surface area contributed by atoms with Crippen molar-refractivity contribution in [3.05, 3.63) is 29.3 Å². The topological polar surface area (TPSA) is 41.1 Å². The highest BCUT2D eigenvalue weighted by atomic mass is 19.4. The van der Waals surface area contributed by atoms with Crippen molar-refractivity contribution in [2.45, 2.75) is 38.4 Å². The molecule has 1 aromatic rings. The van der Waals surface area contributed by atoms with Crippen LogP contribution in [0.1, 0.15) is 30.4 Å². The Bertz CT molecular complexity index is 496. The van der Waals surface area contributed by atoms with Gasteiger partial charge in [-0.25, -0.2) is 0 Å². The number of benzene rings is 1. The van der Waals surface area contributed by atoms with E-state index < -0.39 is 11.7 Å². The van der Waals surface area contributed by atoms with Crippen molar-refractivity contribution >= 4 is 11.6 Å². The van der Waals surface area contributed by atoms with E-state index in [1.165, 1.54) is 6.07 Å². The van der Waals surface area contributed by atoms with Gasteiger partial charge >= 0.3 is 6.18 Å². The Balaban J connectivity index is 1.94. The Morgan fingerprint density at radius 1 is 1.35 bits per heavy atom. The highest BCUT2D eigenvalue weighted by Crippen LogP contribution is 2.32. The molecule has 0 radical (unpaired) electrons. The van der Waals surface area contributed by atoms with Gasteiger partial charge in [0, 0.05) is 24.7 Å². The predicted octanol–water partition coefficient (Wildman–Crippen LogP) is 3.09. The van der Waals surface area contributed by atoms with Crippen molar-refractivity contribution < 1.29 is 18.0 Å². The third-order valence-electron chi connectivity index (χ3n) is 3.20. The number of halogens is 3. The summed E-state index contributed by atoms with van der Waals surface area (Å²) in [5.41, 5.74) is 0.0762. The van der Waals surface area contributed by atoms with E-state index in [4.69, 9.17) is 0 Å². The molecule has 6 heteroatoms. The molecule has 0 aromatic heterocycles. The molecule has 2 rings (SSSR count). The van der Waals surface area contributed by atoms with Gasteiger partial charge in [-0.15, -0.1) is 0 Å². The first-order valence-electron chi connectivity index (χ1n) is 6.57. The van der Waals surface area contributed by atoms with Gasteiger partial charge in [0.2, 0.25) is 5.91 Å². The summed E-state index contributed by atoms with van der Waals surface area (Å²) >= 11 is 0. The third kappa shape index (κ3) is 4.23. The molecule has 2 N–H and O–H groups in total. The monoisotopic (exact) mass is 286 g/mol.